The molecule has 0 spiro atoms. The summed E-state index contributed by atoms with van der Waals surface area (Å²) < 4.78 is 0. The monoisotopic (exact) mass is 229 g/mol. The lowest BCUT2D eigenvalue weighted by molar-refractivity contribution is -0.384. The average molecular weight is 229 g/mol. The number of hydrogen-bond acceptors (Lipinski definition) is 5. The summed E-state index contributed by atoms with van der Waals surface area (Å²) in [5.41, 5.74) is 0.701. The number of hydrogen-bond donors (Lipinski definition) is 0. The molecule has 0 fully saturated rings. The van der Waals surface area contributed by atoms with Crippen molar-refractivity contribution in [2.75, 3.05) is 0 Å². The van der Waals surface area contributed by atoms with Gasteiger partial charge in [-0.25, -0.2) is 9.97 Å². The zero-order valence-electron chi connectivity index (χ0n) is 8.61. The molecule has 2 rings (SSSR count). The Morgan fingerprint density at radius 1 is 1.29 bits per heavy atom. The van der Waals surface area contributed by atoms with E-state index in [-0.39, 0.29) is 11.4 Å². The van der Waals surface area contributed by atoms with Crippen LogP contribution in [0, 0.1) is 10.1 Å². The lowest BCUT2D eigenvalue weighted by Crippen LogP contribution is -1.94. The molecular formula is C11H7N3O3. The minimum Gasteiger partial charge on any atom is -0.296 e. The second kappa shape index (κ2) is 4.48. The Labute approximate surface area is 96.1 Å². The van der Waals surface area contributed by atoms with Crippen LogP contribution in [0.4, 0.5) is 5.69 Å². The zero-order valence-corrected chi connectivity index (χ0v) is 8.61. The highest BCUT2D eigenvalue weighted by atomic mass is 16.6. The number of benzene rings is 1. The van der Waals surface area contributed by atoms with E-state index in [0.717, 1.165) is 0 Å². The SMILES string of the molecule is O=Cc1ccnc(-c2cccc([N+](=O)[O-])c2)n1. The Morgan fingerprint density at radius 2 is 2.12 bits per heavy atom. The van der Waals surface area contributed by atoms with E-state index in [1.807, 2.05) is 0 Å². The predicted octanol–water partition coefficient (Wildman–Crippen LogP) is 1.86. The summed E-state index contributed by atoms with van der Waals surface area (Å²) in [6.45, 7) is 0. The highest BCUT2D eigenvalue weighted by Crippen LogP contribution is 2.20. The van der Waals surface area contributed by atoms with E-state index in [1.54, 1.807) is 12.1 Å². The fraction of sp³-hybridized carbons (Fsp3) is 0. The first-order chi connectivity index (χ1) is 8.20. The number of carbonyl (C=O) groups excluding carboxylic acids is 1. The summed E-state index contributed by atoms with van der Waals surface area (Å²) in [6, 6.07) is 7.41. The van der Waals surface area contributed by atoms with Gasteiger partial charge in [-0.1, -0.05) is 12.1 Å². The highest BCUT2D eigenvalue weighted by Gasteiger charge is 2.09. The fourth-order valence-electron chi connectivity index (χ4n) is 1.34. The van der Waals surface area contributed by atoms with Gasteiger partial charge < -0.3 is 0 Å². The molecular weight excluding hydrogens is 222 g/mol. The zero-order chi connectivity index (χ0) is 12.3. The van der Waals surface area contributed by atoms with Gasteiger partial charge in [0.25, 0.3) is 5.69 Å². The number of nitrogens with zero attached hydrogens (tertiary/aromatic N) is 3. The smallest absolute Gasteiger partial charge is 0.270 e. The maximum absolute atomic E-state index is 10.6. The molecule has 0 aliphatic carbocycles. The lowest BCUT2D eigenvalue weighted by atomic mass is 10.2. The Balaban J connectivity index is 2.48. The van der Waals surface area contributed by atoms with Crippen molar-refractivity contribution in [3.8, 4) is 11.4 Å². The molecule has 0 atom stereocenters. The standard InChI is InChI=1S/C11H7N3O3/c15-7-9-4-5-12-11(13-9)8-2-1-3-10(6-8)14(16)17/h1-7H. The minimum absolute atomic E-state index is 0.0393. The summed E-state index contributed by atoms with van der Waals surface area (Å²) in [5.74, 6) is 0.290. The Morgan fingerprint density at radius 3 is 2.82 bits per heavy atom. The number of nitro benzene ring substituents is 1. The third-order valence-corrected chi connectivity index (χ3v) is 2.11. The molecule has 0 amide bonds. The third kappa shape index (κ3) is 2.31. The van der Waals surface area contributed by atoms with Crippen LogP contribution in [0.5, 0.6) is 0 Å². The van der Waals surface area contributed by atoms with E-state index in [2.05, 4.69) is 9.97 Å². The number of carbonyl (C=O) groups is 1. The molecule has 0 radical (unpaired) electrons. The summed E-state index contributed by atoms with van der Waals surface area (Å²) in [7, 11) is 0. The quantitative estimate of drug-likeness (QED) is 0.455. The molecule has 0 unspecified atom stereocenters. The number of non-ortho nitro benzene ring substituents is 1. The molecule has 0 aliphatic rings. The Hall–Kier alpha value is -2.63. The van der Waals surface area contributed by atoms with Crippen LogP contribution in [0.25, 0.3) is 11.4 Å². The lowest BCUT2D eigenvalue weighted by Gasteiger charge is -1.99. The second-order valence-corrected chi connectivity index (χ2v) is 3.23. The predicted molar refractivity (Wildman–Crippen MR) is 59.5 cm³/mol. The van der Waals surface area contributed by atoms with Crippen LogP contribution in [-0.4, -0.2) is 21.2 Å². The van der Waals surface area contributed by atoms with E-state index in [4.69, 9.17) is 0 Å². The highest BCUT2D eigenvalue weighted by molar-refractivity contribution is 5.73. The first kappa shape index (κ1) is 10.9. The summed E-state index contributed by atoms with van der Waals surface area (Å²) in [5, 5.41) is 10.6. The van der Waals surface area contributed by atoms with Gasteiger partial charge in [0.05, 0.1) is 4.92 Å². The van der Waals surface area contributed by atoms with Gasteiger partial charge in [-0.3, -0.25) is 14.9 Å². The molecule has 6 heteroatoms. The molecule has 2 aromatic rings. The van der Waals surface area contributed by atoms with Crippen LogP contribution in [0.15, 0.2) is 36.5 Å². The summed E-state index contributed by atoms with van der Waals surface area (Å²) in [4.78, 5) is 28.6. The van der Waals surface area contributed by atoms with Gasteiger partial charge in [0, 0.05) is 23.9 Å². The third-order valence-electron chi connectivity index (χ3n) is 2.11. The van der Waals surface area contributed by atoms with Crippen molar-refractivity contribution in [2.45, 2.75) is 0 Å². The van der Waals surface area contributed by atoms with Crippen LogP contribution in [0.1, 0.15) is 10.5 Å². The Kier molecular flexibility index (Phi) is 2.87. The first-order valence-electron chi connectivity index (χ1n) is 4.74. The van der Waals surface area contributed by atoms with Gasteiger partial charge in [0.2, 0.25) is 0 Å². The minimum atomic E-state index is -0.493. The maximum Gasteiger partial charge on any atom is 0.270 e. The summed E-state index contributed by atoms with van der Waals surface area (Å²) in [6.07, 6.45) is 2.04. The van der Waals surface area contributed by atoms with E-state index in [0.29, 0.717) is 17.7 Å². The van der Waals surface area contributed by atoms with Crippen molar-refractivity contribution in [1.82, 2.24) is 9.97 Å². The topological polar surface area (TPSA) is 86.0 Å². The average Bonchev–Trinajstić information content (AvgIpc) is 2.39. The molecule has 1 aromatic carbocycles. The number of aldehydes is 1. The molecule has 0 aliphatic heterocycles. The van der Waals surface area contributed by atoms with E-state index in [1.165, 1.54) is 24.4 Å². The molecule has 1 aromatic heterocycles. The van der Waals surface area contributed by atoms with Gasteiger partial charge in [0.1, 0.15) is 5.69 Å². The van der Waals surface area contributed by atoms with Crippen molar-refractivity contribution in [1.29, 1.82) is 0 Å². The molecule has 0 N–H and O–H groups in total. The van der Waals surface area contributed by atoms with Gasteiger partial charge in [-0.05, 0) is 6.07 Å². The van der Waals surface area contributed by atoms with E-state index < -0.39 is 4.92 Å². The van der Waals surface area contributed by atoms with Crippen molar-refractivity contribution in [3.05, 3.63) is 52.3 Å². The normalized spacial score (nSPS) is 9.88. The van der Waals surface area contributed by atoms with Gasteiger partial charge in [-0.15, -0.1) is 0 Å². The van der Waals surface area contributed by atoms with Gasteiger partial charge in [-0.2, -0.15) is 0 Å². The number of nitro groups is 1. The fourth-order valence-corrected chi connectivity index (χ4v) is 1.34. The number of rotatable bonds is 3. The second-order valence-electron chi connectivity index (χ2n) is 3.23. The van der Waals surface area contributed by atoms with Gasteiger partial charge in [0.15, 0.2) is 12.1 Å². The largest absolute Gasteiger partial charge is 0.296 e. The Bertz CT molecular complexity index is 584. The molecule has 0 saturated carbocycles. The van der Waals surface area contributed by atoms with E-state index in [9.17, 15) is 14.9 Å². The van der Waals surface area contributed by atoms with Crippen LogP contribution in [0.2, 0.25) is 0 Å². The van der Waals surface area contributed by atoms with Crippen molar-refractivity contribution in [3.63, 3.8) is 0 Å². The molecule has 0 bridgehead atoms. The van der Waals surface area contributed by atoms with Crippen molar-refractivity contribution in [2.24, 2.45) is 0 Å². The molecule has 1 heterocycles. The molecule has 84 valence electrons. The molecule has 6 nitrogen and oxygen atoms in total. The van der Waals surface area contributed by atoms with Gasteiger partial charge >= 0.3 is 0 Å². The molecule has 0 saturated heterocycles. The number of aromatic nitrogens is 2. The maximum atomic E-state index is 10.6. The van der Waals surface area contributed by atoms with E-state index >= 15 is 0 Å². The first-order valence-corrected chi connectivity index (χ1v) is 4.74. The van der Waals surface area contributed by atoms with Crippen LogP contribution in [0.3, 0.4) is 0 Å². The van der Waals surface area contributed by atoms with Crippen molar-refractivity contribution >= 4 is 12.0 Å². The summed E-state index contributed by atoms with van der Waals surface area (Å²) >= 11 is 0. The van der Waals surface area contributed by atoms with Crippen LogP contribution >= 0.6 is 0 Å². The molecule has 17 heavy (non-hydrogen) atoms. The van der Waals surface area contributed by atoms with Crippen molar-refractivity contribution < 1.29 is 9.72 Å². The van der Waals surface area contributed by atoms with Crippen LogP contribution in [-0.2, 0) is 0 Å². The van der Waals surface area contributed by atoms with Crippen LogP contribution < -0.4 is 0 Å².